The molecule has 2 aliphatic rings. The quantitative estimate of drug-likeness (QED) is 0.124. The van der Waals surface area contributed by atoms with Gasteiger partial charge in [0.05, 0.1) is 0 Å². The van der Waals surface area contributed by atoms with Gasteiger partial charge >= 0.3 is 18.9 Å². The number of unbranched alkanes of at least 4 members (excludes halogenated alkanes) is 2. The van der Waals surface area contributed by atoms with Crippen molar-refractivity contribution in [3.8, 4) is 0 Å². The van der Waals surface area contributed by atoms with Crippen molar-refractivity contribution in [1.82, 2.24) is 0 Å². The van der Waals surface area contributed by atoms with E-state index in [1.165, 1.54) is 84.9 Å². The molecule has 0 atom stereocenters. The van der Waals surface area contributed by atoms with Crippen molar-refractivity contribution >= 4 is 63.7 Å². The third kappa shape index (κ3) is 15.6. The van der Waals surface area contributed by atoms with Crippen LogP contribution >= 0.6 is 63.7 Å². The number of rotatable bonds is 7. The Hall–Kier alpha value is 0.957. The van der Waals surface area contributed by atoms with E-state index in [0.717, 1.165) is 16.0 Å². The predicted octanol–water partition coefficient (Wildman–Crippen LogP) is 7.23. The summed E-state index contributed by atoms with van der Waals surface area (Å²) >= 11 is 13.5. The van der Waals surface area contributed by atoms with Crippen molar-refractivity contribution in [2.24, 2.45) is 0 Å². The molecular weight excluding hydrogens is 663 g/mol. The molecule has 2 aromatic rings. The molecule has 0 saturated heterocycles. The maximum Gasteiger partial charge on any atom is 1.00 e. The first-order valence-corrected chi connectivity index (χ1v) is 15.9. The molecule has 2 aliphatic carbocycles. The van der Waals surface area contributed by atoms with E-state index in [0.29, 0.717) is 0 Å². The van der Waals surface area contributed by atoms with E-state index < -0.39 is 0 Å². The molecule has 180 valence electrons. The van der Waals surface area contributed by atoms with Crippen LogP contribution in [0.15, 0.2) is 40.9 Å². The molecule has 0 radical (unpaired) electrons. The topological polar surface area (TPSA) is 0 Å². The van der Waals surface area contributed by atoms with Crippen LogP contribution in [0.3, 0.4) is 0 Å². The van der Waals surface area contributed by atoms with Crippen LogP contribution in [-0.2, 0) is 32.1 Å². The summed E-state index contributed by atoms with van der Waals surface area (Å²) < 4.78 is 1.21. The Morgan fingerprint density at radius 1 is 0.636 bits per heavy atom. The molecule has 0 bridgehead atoms. The monoisotopic (exact) mass is 698 g/mol. The minimum atomic E-state index is 0. The zero-order valence-electron chi connectivity index (χ0n) is 21.0. The van der Waals surface area contributed by atoms with E-state index in [2.05, 4.69) is 121 Å². The average Bonchev–Trinajstić information content (AvgIpc) is 2.71. The van der Waals surface area contributed by atoms with Gasteiger partial charge in [0.2, 0.25) is 0 Å². The minimum absolute atomic E-state index is 0. The number of benzene rings is 2. The van der Waals surface area contributed by atoms with Crippen LogP contribution in [-0.4, -0.2) is 16.0 Å². The summed E-state index contributed by atoms with van der Waals surface area (Å²) in [6, 6.07) is 13.5. The second-order valence-electron chi connectivity index (χ2n) is 8.75. The van der Waals surface area contributed by atoms with Gasteiger partial charge in [-0.15, -0.1) is 0 Å². The molecule has 0 aliphatic heterocycles. The molecule has 0 fully saturated rings. The van der Waals surface area contributed by atoms with Gasteiger partial charge in [0.25, 0.3) is 0 Å². The van der Waals surface area contributed by atoms with Crippen molar-refractivity contribution in [1.29, 1.82) is 0 Å². The SMILES string of the molecule is BrCCCCBr.BrCCCCc1ccc2c(c1)CC2.Brc1ccc2c(c1)CC2.C[C-](C)C.[Li+]. The molecule has 0 aromatic heterocycles. The van der Waals surface area contributed by atoms with E-state index in [1.54, 1.807) is 11.1 Å². The molecule has 0 nitrogen and oxygen atoms in total. The van der Waals surface area contributed by atoms with Crippen LogP contribution in [0.4, 0.5) is 0 Å². The van der Waals surface area contributed by atoms with Crippen LogP contribution in [0.1, 0.15) is 74.3 Å². The van der Waals surface area contributed by atoms with Gasteiger partial charge in [0, 0.05) is 20.5 Å². The number of hydrogen-bond donors (Lipinski definition) is 0. The van der Waals surface area contributed by atoms with E-state index in [1.807, 2.05) is 0 Å². The average molecular weight is 702 g/mol. The molecule has 0 amide bonds. The Kier molecular flexibility index (Phi) is 21.7. The molecule has 0 unspecified atom stereocenters. The number of aryl methyl sites for hydroxylation is 5. The normalized spacial score (nSPS) is 12.0. The number of halogens is 4. The van der Waals surface area contributed by atoms with E-state index in [9.17, 15) is 0 Å². The molecule has 33 heavy (non-hydrogen) atoms. The fourth-order valence-electron chi connectivity index (χ4n) is 3.18. The van der Waals surface area contributed by atoms with Gasteiger partial charge in [-0.1, -0.05) is 88.0 Å². The Balaban J connectivity index is 0.000000450. The van der Waals surface area contributed by atoms with Gasteiger partial charge in [-0.2, -0.15) is 20.8 Å². The molecular formula is C28H39Br4Li. The van der Waals surface area contributed by atoms with Crippen molar-refractivity contribution < 1.29 is 18.9 Å². The number of fused-ring (bicyclic) bond motifs is 2. The fourth-order valence-corrected chi connectivity index (χ4v) is 4.78. The molecule has 0 N–H and O–H groups in total. The summed E-state index contributed by atoms with van der Waals surface area (Å²) in [6.45, 7) is 6.25. The van der Waals surface area contributed by atoms with Crippen LogP contribution < -0.4 is 18.9 Å². The second-order valence-corrected chi connectivity index (χ2v) is 12.0. The summed E-state index contributed by atoms with van der Waals surface area (Å²) in [5, 5.41) is 3.41. The molecule has 2 aromatic carbocycles. The Morgan fingerprint density at radius 3 is 1.42 bits per heavy atom. The minimum Gasteiger partial charge on any atom is -0.323 e. The summed E-state index contributed by atoms with van der Waals surface area (Å²) in [6.07, 6.45) is 11.6. The van der Waals surface area contributed by atoms with Crippen molar-refractivity contribution in [3.63, 3.8) is 0 Å². The van der Waals surface area contributed by atoms with Gasteiger partial charge in [-0.25, -0.2) is 0 Å². The summed E-state index contributed by atoms with van der Waals surface area (Å²) in [5.74, 6) is 1.42. The van der Waals surface area contributed by atoms with E-state index in [-0.39, 0.29) is 18.9 Å². The third-order valence-corrected chi connectivity index (χ3v) is 7.31. The largest absolute Gasteiger partial charge is 1.00 e. The zero-order valence-corrected chi connectivity index (χ0v) is 27.3. The molecule has 0 heterocycles. The van der Waals surface area contributed by atoms with Crippen LogP contribution in [0.5, 0.6) is 0 Å². The van der Waals surface area contributed by atoms with Crippen LogP contribution in [0, 0.1) is 5.92 Å². The Morgan fingerprint density at radius 2 is 1.06 bits per heavy atom. The summed E-state index contributed by atoms with van der Waals surface area (Å²) in [4.78, 5) is 0. The van der Waals surface area contributed by atoms with Crippen molar-refractivity contribution in [3.05, 3.63) is 74.6 Å². The molecule has 0 saturated carbocycles. The summed E-state index contributed by atoms with van der Waals surface area (Å²) in [5.41, 5.74) is 7.74. The van der Waals surface area contributed by atoms with Gasteiger partial charge in [0.15, 0.2) is 0 Å². The Labute approximate surface area is 249 Å². The number of hydrogen-bond acceptors (Lipinski definition) is 0. The first-order valence-electron chi connectivity index (χ1n) is 11.7. The summed E-state index contributed by atoms with van der Waals surface area (Å²) in [7, 11) is 0. The van der Waals surface area contributed by atoms with Crippen LogP contribution in [0.2, 0.25) is 0 Å². The smallest absolute Gasteiger partial charge is 0.323 e. The van der Waals surface area contributed by atoms with E-state index in [4.69, 9.17) is 0 Å². The first-order chi connectivity index (χ1) is 15.4. The zero-order chi connectivity index (χ0) is 23.8. The van der Waals surface area contributed by atoms with Gasteiger partial charge < -0.3 is 5.92 Å². The number of alkyl halides is 3. The maximum absolute atomic E-state index is 3.46. The predicted molar refractivity (Wildman–Crippen MR) is 159 cm³/mol. The fraction of sp³-hybridized carbons (Fsp3) is 0.536. The van der Waals surface area contributed by atoms with Gasteiger partial charge in [-0.3, -0.25) is 0 Å². The first kappa shape index (κ1) is 34.0. The van der Waals surface area contributed by atoms with Crippen LogP contribution in [0.25, 0.3) is 0 Å². The Bertz CT molecular complexity index is 755. The second kappa shape index (κ2) is 21.1. The molecule has 5 heteroatoms. The molecule has 0 spiro atoms. The maximum atomic E-state index is 3.46. The molecule has 4 rings (SSSR count). The van der Waals surface area contributed by atoms with Crippen molar-refractivity contribution in [2.45, 2.75) is 78.6 Å². The van der Waals surface area contributed by atoms with Crippen molar-refractivity contribution in [2.75, 3.05) is 16.0 Å². The van der Waals surface area contributed by atoms with Gasteiger partial charge in [0.1, 0.15) is 0 Å². The van der Waals surface area contributed by atoms with E-state index >= 15 is 0 Å². The standard InChI is InChI=1S/C12H15Br.C8H7Br.C4H8Br2.C4H9.Li/c13-8-2-1-3-10-4-5-11-6-7-12(11)9-10;9-8-4-3-6-1-2-7(6)5-8;5-3-1-2-4-6;1-4(2)3;/h4-5,9H,1-3,6-8H2;3-5H,1-2H2;1-4H2;1-3H3;/q;;;-1;+1. The third-order valence-electron chi connectivity index (χ3n) is 5.13. The van der Waals surface area contributed by atoms with Gasteiger partial charge in [-0.05, 0) is 97.7 Å².